The summed E-state index contributed by atoms with van der Waals surface area (Å²) in [6, 6.07) is 11.7. The van der Waals surface area contributed by atoms with Gasteiger partial charge in [-0.15, -0.1) is 0 Å². The summed E-state index contributed by atoms with van der Waals surface area (Å²) in [4.78, 5) is 41.6. The lowest BCUT2D eigenvalue weighted by atomic mass is 10.1. The molecule has 1 atom stereocenters. The van der Waals surface area contributed by atoms with Gasteiger partial charge in [0.25, 0.3) is 5.69 Å². The van der Waals surface area contributed by atoms with Crippen molar-refractivity contribution in [3.8, 4) is 0 Å². The first kappa shape index (κ1) is 24.5. The number of anilines is 2. The molecule has 2 amide bonds. The van der Waals surface area contributed by atoms with Gasteiger partial charge in [-0.3, -0.25) is 24.6 Å². The molecule has 1 saturated heterocycles. The van der Waals surface area contributed by atoms with E-state index in [-0.39, 0.29) is 24.0 Å². The molecule has 2 aromatic rings. The fourth-order valence-electron chi connectivity index (χ4n) is 3.87. The summed E-state index contributed by atoms with van der Waals surface area (Å²) in [7, 11) is 1.61. The topological polar surface area (TPSA) is 99.0 Å². The quantitative estimate of drug-likeness (QED) is 0.490. The predicted octanol–water partition coefficient (Wildman–Crippen LogP) is 3.16. The predicted molar refractivity (Wildman–Crippen MR) is 129 cm³/mol. The Morgan fingerprint density at radius 2 is 1.79 bits per heavy atom. The van der Waals surface area contributed by atoms with E-state index in [1.807, 2.05) is 47.9 Å². The number of likely N-dealkylation sites (N-methyl/N-ethyl adjacent to an activating group) is 1. The van der Waals surface area contributed by atoms with E-state index in [1.54, 1.807) is 19.2 Å². The maximum Gasteiger partial charge on any atom is 0.294 e. The van der Waals surface area contributed by atoms with Crippen LogP contribution in [0.4, 0.5) is 17.1 Å². The molecule has 0 aliphatic carbocycles. The van der Waals surface area contributed by atoms with E-state index in [1.165, 1.54) is 11.0 Å². The van der Waals surface area contributed by atoms with Crippen LogP contribution < -0.4 is 10.2 Å². The first-order valence-electron chi connectivity index (χ1n) is 10.7. The number of hydrogen-bond donors (Lipinski definition) is 1. The molecule has 0 spiro atoms. The van der Waals surface area contributed by atoms with Crippen LogP contribution in [0.1, 0.15) is 12.5 Å². The largest absolute Gasteiger partial charge is 0.363 e. The van der Waals surface area contributed by atoms with Crippen LogP contribution in [-0.4, -0.2) is 72.4 Å². The van der Waals surface area contributed by atoms with Crippen molar-refractivity contribution in [2.24, 2.45) is 0 Å². The standard InChI is InChI=1S/C23H28ClN5O4/c1-16-4-7-19(8-5-16)25-22(30)15-26(3)23(31)17(2)27-10-12-28(13-11-27)20-9-6-18(24)14-21(20)29(32)33/h4-9,14,17H,10-13,15H2,1-3H3,(H,25,30)/t17-/m1/s1. The molecule has 1 N–H and O–H groups in total. The van der Waals surface area contributed by atoms with Crippen LogP contribution in [-0.2, 0) is 9.59 Å². The molecule has 1 aliphatic heterocycles. The molecular formula is C23H28ClN5O4. The number of nitro groups is 1. The van der Waals surface area contributed by atoms with E-state index in [0.717, 1.165) is 5.56 Å². The van der Waals surface area contributed by atoms with Crippen molar-refractivity contribution < 1.29 is 14.5 Å². The number of carbonyl (C=O) groups excluding carboxylic acids is 2. The van der Waals surface area contributed by atoms with Crippen LogP contribution in [0.15, 0.2) is 42.5 Å². The Morgan fingerprint density at radius 3 is 2.39 bits per heavy atom. The first-order valence-corrected chi connectivity index (χ1v) is 11.1. The SMILES string of the molecule is Cc1ccc(NC(=O)CN(C)C(=O)[C@@H](C)N2CCN(c3ccc(Cl)cc3[N+](=O)[O-])CC2)cc1. The van der Waals surface area contributed by atoms with Gasteiger partial charge in [-0.25, -0.2) is 0 Å². The number of carbonyl (C=O) groups is 2. The number of nitrogens with one attached hydrogen (secondary N) is 1. The van der Waals surface area contributed by atoms with Gasteiger partial charge in [0, 0.05) is 50.0 Å². The third-order valence-corrected chi connectivity index (χ3v) is 6.02. The van der Waals surface area contributed by atoms with Crippen molar-refractivity contribution in [2.45, 2.75) is 19.9 Å². The number of nitro benzene ring substituents is 1. The highest BCUT2D eigenvalue weighted by molar-refractivity contribution is 6.30. The number of rotatable bonds is 7. The highest BCUT2D eigenvalue weighted by Gasteiger charge is 2.30. The van der Waals surface area contributed by atoms with Crippen LogP contribution in [0.3, 0.4) is 0 Å². The zero-order chi connectivity index (χ0) is 24.1. The molecule has 176 valence electrons. The minimum absolute atomic E-state index is 0.0283. The Labute approximate surface area is 198 Å². The molecule has 9 nitrogen and oxygen atoms in total. The van der Waals surface area contributed by atoms with Gasteiger partial charge in [0.15, 0.2) is 0 Å². The van der Waals surface area contributed by atoms with Crippen molar-refractivity contribution in [1.82, 2.24) is 9.80 Å². The van der Waals surface area contributed by atoms with Gasteiger partial charge in [-0.1, -0.05) is 29.3 Å². The molecule has 1 heterocycles. The van der Waals surface area contributed by atoms with Crippen LogP contribution in [0.25, 0.3) is 0 Å². The number of hydrogen-bond acceptors (Lipinski definition) is 6. The van der Waals surface area contributed by atoms with Gasteiger partial charge in [-0.2, -0.15) is 0 Å². The summed E-state index contributed by atoms with van der Waals surface area (Å²) in [6.07, 6.45) is 0. The summed E-state index contributed by atoms with van der Waals surface area (Å²) in [6.45, 7) is 5.95. The smallest absolute Gasteiger partial charge is 0.294 e. The molecular weight excluding hydrogens is 446 g/mol. The summed E-state index contributed by atoms with van der Waals surface area (Å²) >= 11 is 5.91. The minimum Gasteiger partial charge on any atom is -0.363 e. The minimum atomic E-state index is -0.434. The van der Waals surface area contributed by atoms with Crippen LogP contribution in [0.2, 0.25) is 5.02 Å². The molecule has 0 bridgehead atoms. The van der Waals surface area contributed by atoms with E-state index >= 15 is 0 Å². The molecule has 0 unspecified atom stereocenters. The summed E-state index contributed by atoms with van der Waals surface area (Å²) in [5.74, 6) is -0.415. The Kier molecular flexibility index (Phi) is 7.88. The zero-order valence-electron chi connectivity index (χ0n) is 19.0. The van der Waals surface area contributed by atoms with Crippen molar-refractivity contribution in [3.63, 3.8) is 0 Å². The number of aryl methyl sites for hydroxylation is 1. The Morgan fingerprint density at radius 1 is 1.15 bits per heavy atom. The number of nitrogens with zero attached hydrogens (tertiary/aromatic N) is 4. The normalized spacial score (nSPS) is 15.1. The molecule has 3 rings (SSSR count). The van der Waals surface area contributed by atoms with Crippen molar-refractivity contribution >= 4 is 40.5 Å². The molecule has 1 fully saturated rings. The number of benzene rings is 2. The zero-order valence-corrected chi connectivity index (χ0v) is 19.7. The van der Waals surface area contributed by atoms with Gasteiger partial charge >= 0.3 is 0 Å². The van der Waals surface area contributed by atoms with E-state index in [2.05, 4.69) is 5.32 Å². The average molecular weight is 474 g/mol. The second-order valence-corrected chi connectivity index (χ2v) is 8.63. The van der Waals surface area contributed by atoms with Crippen LogP contribution >= 0.6 is 11.6 Å². The molecule has 2 aromatic carbocycles. The Balaban J connectivity index is 1.54. The average Bonchev–Trinajstić information content (AvgIpc) is 2.79. The van der Waals surface area contributed by atoms with Gasteiger partial charge in [0.2, 0.25) is 11.8 Å². The van der Waals surface area contributed by atoms with Crippen LogP contribution in [0, 0.1) is 17.0 Å². The van der Waals surface area contributed by atoms with Crippen molar-refractivity contribution in [2.75, 3.05) is 50.0 Å². The van der Waals surface area contributed by atoms with Gasteiger partial charge in [-0.05, 0) is 38.1 Å². The molecule has 0 radical (unpaired) electrons. The maximum absolute atomic E-state index is 12.9. The Hall–Kier alpha value is -3.17. The highest BCUT2D eigenvalue weighted by atomic mass is 35.5. The first-order chi connectivity index (χ1) is 15.7. The fraction of sp³-hybridized carbons (Fsp3) is 0.391. The van der Waals surface area contributed by atoms with Gasteiger partial charge < -0.3 is 15.1 Å². The molecule has 1 aliphatic rings. The van der Waals surface area contributed by atoms with E-state index in [4.69, 9.17) is 11.6 Å². The summed E-state index contributed by atoms with van der Waals surface area (Å²) < 4.78 is 0. The second-order valence-electron chi connectivity index (χ2n) is 8.20. The van der Waals surface area contributed by atoms with E-state index in [9.17, 15) is 19.7 Å². The van der Waals surface area contributed by atoms with Gasteiger partial charge in [0.05, 0.1) is 17.5 Å². The number of piperazine rings is 1. The van der Waals surface area contributed by atoms with Crippen LogP contribution in [0.5, 0.6) is 0 Å². The second kappa shape index (κ2) is 10.6. The van der Waals surface area contributed by atoms with Gasteiger partial charge in [0.1, 0.15) is 5.69 Å². The molecule has 10 heteroatoms. The fourth-order valence-corrected chi connectivity index (χ4v) is 4.03. The van der Waals surface area contributed by atoms with Crippen molar-refractivity contribution in [3.05, 3.63) is 63.2 Å². The molecule has 33 heavy (non-hydrogen) atoms. The molecule has 0 aromatic heterocycles. The third kappa shape index (κ3) is 6.21. The van der Waals surface area contributed by atoms with Crippen molar-refractivity contribution in [1.29, 1.82) is 0 Å². The maximum atomic E-state index is 12.9. The number of amides is 2. The molecule has 0 saturated carbocycles. The lowest BCUT2D eigenvalue weighted by Gasteiger charge is -2.39. The lowest BCUT2D eigenvalue weighted by molar-refractivity contribution is -0.384. The number of halogens is 1. The van der Waals surface area contributed by atoms with E-state index in [0.29, 0.717) is 42.6 Å². The summed E-state index contributed by atoms with van der Waals surface area (Å²) in [5.41, 5.74) is 2.28. The third-order valence-electron chi connectivity index (χ3n) is 5.79. The van der Waals surface area contributed by atoms with E-state index < -0.39 is 11.0 Å². The highest BCUT2D eigenvalue weighted by Crippen LogP contribution is 2.31. The lowest BCUT2D eigenvalue weighted by Crippen LogP contribution is -2.54. The Bertz CT molecular complexity index is 1020. The monoisotopic (exact) mass is 473 g/mol. The summed E-state index contributed by atoms with van der Waals surface area (Å²) in [5, 5.41) is 14.5.